The first-order valence-electron chi connectivity index (χ1n) is 6.27. The van der Waals surface area contributed by atoms with Crippen LogP contribution in [0.2, 0.25) is 0 Å². The van der Waals surface area contributed by atoms with Gasteiger partial charge in [-0.3, -0.25) is 0 Å². The lowest BCUT2D eigenvalue weighted by atomic mass is 10.00. The average Bonchev–Trinajstić information content (AvgIpc) is 2.56. The molecule has 86 valence electrons. The van der Waals surface area contributed by atoms with Crippen molar-refractivity contribution in [2.75, 3.05) is 0 Å². The zero-order valence-electron chi connectivity index (χ0n) is 10.6. The Kier molecular flexibility index (Phi) is 3.83. The molecule has 0 nitrogen and oxygen atoms in total. The van der Waals surface area contributed by atoms with Gasteiger partial charge in [-0.1, -0.05) is 49.1 Å². The van der Waals surface area contributed by atoms with Crippen LogP contribution in [0, 0.1) is 11.8 Å². The zero-order chi connectivity index (χ0) is 12.1. The molecule has 17 heavy (non-hydrogen) atoms. The molecule has 0 atom stereocenters. The SMILES string of the molecule is CCc1ccccc1C=C1C#CCCC=C1C. The van der Waals surface area contributed by atoms with Crippen LogP contribution in [0.3, 0.4) is 0 Å². The third-order valence-electron chi connectivity index (χ3n) is 3.10. The zero-order valence-corrected chi connectivity index (χ0v) is 10.6. The summed E-state index contributed by atoms with van der Waals surface area (Å²) in [5.41, 5.74) is 5.16. The van der Waals surface area contributed by atoms with E-state index in [1.165, 1.54) is 22.3 Å². The summed E-state index contributed by atoms with van der Waals surface area (Å²) >= 11 is 0. The molecule has 0 unspecified atom stereocenters. The maximum Gasteiger partial charge on any atom is 0.0277 e. The predicted octanol–water partition coefficient (Wildman–Crippen LogP) is 4.38. The van der Waals surface area contributed by atoms with Crippen LogP contribution in [0.5, 0.6) is 0 Å². The summed E-state index contributed by atoms with van der Waals surface area (Å²) in [6.07, 6.45) is 7.61. The molecule has 0 aromatic heterocycles. The van der Waals surface area contributed by atoms with Gasteiger partial charge in [-0.15, -0.1) is 0 Å². The second kappa shape index (κ2) is 5.55. The van der Waals surface area contributed by atoms with E-state index >= 15 is 0 Å². The molecular formula is C17H18. The Bertz CT molecular complexity index is 518. The van der Waals surface area contributed by atoms with Gasteiger partial charge in [0.15, 0.2) is 0 Å². The van der Waals surface area contributed by atoms with Crippen molar-refractivity contribution in [2.24, 2.45) is 0 Å². The lowest BCUT2D eigenvalue weighted by molar-refractivity contribution is 1.08. The smallest absolute Gasteiger partial charge is 0.0277 e. The van der Waals surface area contributed by atoms with Gasteiger partial charge in [-0.05, 0) is 42.5 Å². The first-order valence-corrected chi connectivity index (χ1v) is 6.27. The van der Waals surface area contributed by atoms with Crippen molar-refractivity contribution >= 4 is 6.08 Å². The highest BCUT2D eigenvalue weighted by atomic mass is 14.1. The van der Waals surface area contributed by atoms with Crippen molar-refractivity contribution in [3.63, 3.8) is 0 Å². The molecule has 0 saturated carbocycles. The highest BCUT2D eigenvalue weighted by Gasteiger charge is 2.02. The lowest BCUT2D eigenvalue weighted by Gasteiger charge is -2.05. The van der Waals surface area contributed by atoms with Gasteiger partial charge in [0.1, 0.15) is 0 Å². The van der Waals surface area contributed by atoms with E-state index in [1.54, 1.807) is 0 Å². The van der Waals surface area contributed by atoms with Gasteiger partial charge in [0.2, 0.25) is 0 Å². The molecule has 0 bridgehead atoms. The molecule has 0 radical (unpaired) electrons. The van der Waals surface area contributed by atoms with Crippen LogP contribution in [0.1, 0.15) is 37.8 Å². The van der Waals surface area contributed by atoms with Crippen LogP contribution < -0.4 is 0 Å². The van der Waals surface area contributed by atoms with E-state index < -0.39 is 0 Å². The van der Waals surface area contributed by atoms with Crippen molar-refractivity contribution < 1.29 is 0 Å². The highest BCUT2D eigenvalue weighted by Crippen LogP contribution is 2.19. The van der Waals surface area contributed by atoms with E-state index in [4.69, 9.17) is 0 Å². The van der Waals surface area contributed by atoms with E-state index in [9.17, 15) is 0 Å². The van der Waals surface area contributed by atoms with E-state index in [2.05, 4.69) is 62.1 Å². The molecule has 1 aromatic carbocycles. The van der Waals surface area contributed by atoms with Crippen LogP contribution in [-0.2, 0) is 6.42 Å². The van der Waals surface area contributed by atoms with Crippen LogP contribution >= 0.6 is 0 Å². The minimum Gasteiger partial charge on any atom is -0.0976 e. The second-order valence-corrected chi connectivity index (χ2v) is 4.34. The molecule has 0 heterocycles. The molecule has 0 N–H and O–H groups in total. The summed E-state index contributed by atoms with van der Waals surface area (Å²) in [4.78, 5) is 0. The molecule has 0 fully saturated rings. The maximum atomic E-state index is 3.27. The lowest BCUT2D eigenvalue weighted by Crippen LogP contribution is -1.88. The Morgan fingerprint density at radius 2 is 2.12 bits per heavy atom. The molecule has 0 saturated heterocycles. The topological polar surface area (TPSA) is 0 Å². The molecule has 1 aliphatic rings. The number of allylic oxidation sites excluding steroid dienone is 3. The van der Waals surface area contributed by atoms with Crippen molar-refractivity contribution in [1.29, 1.82) is 0 Å². The Hall–Kier alpha value is -1.74. The summed E-state index contributed by atoms with van der Waals surface area (Å²) in [7, 11) is 0. The number of hydrogen-bond acceptors (Lipinski definition) is 0. The van der Waals surface area contributed by atoms with Gasteiger partial charge in [-0.25, -0.2) is 0 Å². The molecule has 2 rings (SSSR count). The van der Waals surface area contributed by atoms with Gasteiger partial charge < -0.3 is 0 Å². The maximum absolute atomic E-state index is 3.27. The van der Waals surface area contributed by atoms with Crippen LogP contribution in [0.4, 0.5) is 0 Å². The Balaban J connectivity index is 2.43. The van der Waals surface area contributed by atoms with Crippen molar-refractivity contribution in [3.8, 4) is 11.8 Å². The first kappa shape index (κ1) is 11.7. The highest BCUT2D eigenvalue weighted by molar-refractivity contribution is 5.67. The predicted molar refractivity (Wildman–Crippen MR) is 74.6 cm³/mol. The number of benzene rings is 1. The molecule has 0 heteroatoms. The molecular weight excluding hydrogens is 204 g/mol. The van der Waals surface area contributed by atoms with E-state index in [0.29, 0.717) is 0 Å². The summed E-state index contributed by atoms with van der Waals surface area (Å²) < 4.78 is 0. The first-order chi connectivity index (χ1) is 8.31. The Morgan fingerprint density at radius 1 is 1.29 bits per heavy atom. The van der Waals surface area contributed by atoms with Gasteiger partial charge >= 0.3 is 0 Å². The van der Waals surface area contributed by atoms with E-state index in [-0.39, 0.29) is 0 Å². The number of aryl methyl sites for hydroxylation is 1. The van der Waals surface area contributed by atoms with Gasteiger partial charge in [0.05, 0.1) is 0 Å². The molecule has 1 aromatic rings. The molecule has 0 spiro atoms. The van der Waals surface area contributed by atoms with Gasteiger partial charge in [-0.2, -0.15) is 0 Å². The monoisotopic (exact) mass is 222 g/mol. The summed E-state index contributed by atoms with van der Waals surface area (Å²) in [6.45, 7) is 4.35. The van der Waals surface area contributed by atoms with Gasteiger partial charge in [0, 0.05) is 12.0 Å². The third-order valence-corrected chi connectivity index (χ3v) is 3.10. The quantitative estimate of drug-likeness (QED) is 0.652. The average molecular weight is 222 g/mol. The molecule has 0 aliphatic heterocycles. The number of hydrogen-bond donors (Lipinski definition) is 0. The van der Waals surface area contributed by atoms with Crippen molar-refractivity contribution in [1.82, 2.24) is 0 Å². The summed E-state index contributed by atoms with van der Waals surface area (Å²) in [6, 6.07) is 8.55. The van der Waals surface area contributed by atoms with E-state index in [0.717, 1.165) is 19.3 Å². The van der Waals surface area contributed by atoms with Crippen molar-refractivity contribution in [2.45, 2.75) is 33.1 Å². The van der Waals surface area contributed by atoms with Crippen LogP contribution in [-0.4, -0.2) is 0 Å². The van der Waals surface area contributed by atoms with Gasteiger partial charge in [0.25, 0.3) is 0 Å². The van der Waals surface area contributed by atoms with Crippen molar-refractivity contribution in [3.05, 3.63) is 52.6 Å². The summed E-state index contributed by atoms with van der Waals surface area (Å²) in [5, 5.41) is 0. The Morgan fingerprint density at radius 3 is 2.94 bits per heavy atom. The van der Waals surface area contributed by atoms with E-state index in [1.807, 2.05) is 0 Å². The molecule has 1 aliphatic carbocycles. The van der Waals surface area contributed by atoms with Crippen LogP contribution in [0.25, 0.3) is 6.08 Å². The summed E-state index contributed by atoms with van der Waals surface area (Å²) in [5.74, 6) is 6.49. The second-order valence-electron chi connectivity index (χ2n) is 4.34. The van der Waals surface area contributed by atoms with Crippen LogP contribution in [0.15, 0.2) is 41.5 Å². The largest absolute Gasteiger partial charge is 0.0976 e. The fourth-order valence-electron chi connectivity index (χ4n) is 2.03. The third kappa shape index (κ3) is 2.88. The number of rotatable bonds is 2. The Labute approximate surface area is 104 Å². The fraction of sp³-hybridized carbons (Fsp3) is 0.294. The fourth-order valence-corrected chi connectivity index (χ4v) is 2.03. The standard InChI is InChI=1S/C17H18/c1-3-15-10-7-8-12-17(15)13-16-11-6-4-5-9-14(16)2/h7-10,12-13H,3-5H2,1-2H3. The minimum atomic E-state index is 0.976. The normalized spacial score (nSPS) is 17.1. The minimum absolute atomic E-state index is 0.976. The molecule has 0 amide bonds.